The third kappa shape index (κ3) is 3.22. The van der Waals surface area contributed by atoms with E-state index in [9.17, 15) is 5.26 Å². The standard InChI is InChI=1S/C19H18Cl2N6/c1-19(2)6-8-27(9-7-19)18-13(10-22)23-16-15(25-26-17(16)24-18)11-4-3-5-12(20)14(11)21/h3-5H,6-9H2,1-2H3,(H,24,25,26). The monoisotopic (exact) mass is 400 g/mol. The van der Waals surface area contributed by atoms with Gasteiger partial charge in [0, 0.05) is 18.7 Å². The summed E-state index contributed by atoms with van der Waals surface area (Å²) in [5.74, 6) is 0.593. The van der Waals surface area contributed by atoms with Gasteiger partial charge in [-0.3, -0.25) is 5.10 Å². The Hall–Kier alpha value is -2.36. The summed E-state index contributed by atoms with van der Waals surface area (Å²) in [5.41, 5.74) is 2.86. The number of aromatic amines is 1. The van der Waals surface area contributed by atoms with Gasteiger partial charge < -0.3 is 4.90 Å². The summed E-state index contributed by atoms with van der Waals surface area (Å²) in [5, 5.41) is 17.7. The van der Waals surface area contributed by atoms with Crippen molar-refractivity contribution in [2.24, 2.45) is 5.41 Å². The maximum absolute atomic E-state index is 9.65. The Morgan fingerprint density at radius 3 is 2.63 bits per heavy atom. The minimum absolute atomic E-state index is 0.294. The summed E-state index contributed by atoms with van der Waals surface area (Å²) >= 11 is 12.5. The lowest BCUT2D eigenvalue weighted by Gasteiger charge is -2.37. The largest absolute Gasteiger partial charge is 0.354 e. The van der Waals surface area contributed by atoms with Crippen molar-refractivity contribution in [3.63, 3.8) is 0 Å². The minimum atomic E-state index is 0.294. The molecule has 0 saturated carbocycles. The van der Waals surface area contributed by atoms with Crippen molar-refractivity contribution >= 4 is 40.2 Å². The molecule has 1 fully saturated rings. The number of piperidine rings is 1. The van der Waals surface area contributed by atoms with Gasteiger partial charge in [-0.15, -0.1) is 0 Å². The number of aromatic nitrogens is 4. The van der Waals surface area contributed by atoms with Crippen molar-refractivity contribution in [1.29, 1.82) is 5.26 Å². The fourth-order valence-corrected chi connectivity index (χ4v) is 3.72. The van der Waals surface area contributed by atoms with Crippen LogP contribution >= 0.6 is 23.2 Å². The normalized spacial score (nSPS) is 16.5. The second-order valence-electron chi connectivity index (χ2n) is 7.53. The first-order valence-corrected chi connectivity index (χ1v) is 9.51. The second-order valence-corrected chi connectivity index (χ2v) is 8.32. The van der Waals surface area contributed by atoms with Crippen molar-refractivity contribution in [3.05, 3.63) is 33.9 Å². The van der Waals surface area contributed by atoms with E-state index >= 15 is 0 Å². The first-order valence-electron chi connectivity index (χ1n) is 8.75. The van der Waals surface area contributed by atoms with Crippen LogP contribution in [0.5, 0.6) is 0 Å². The fraction of sp³-hybridized carbons (Fsp3) is 0.368. The first-order chi connectivity index (χ1) is 12.9. The zero-order chi connectivity index (χ0) is 19.2. The first kappa shape index (κ1) is 18.0. The van der Waals surface area contributed by atoms with Gasteiger partial charge >= 0.3 is 0 Å². The quantitative estimate of drug-likeness (QED) is 0.666. The van der Waals surface area contributed by atoms with Crippen LogP contribution in [0.1, 0.15) is 32.4 Å². The molecule has 0 spiro atoms. The van der Waals surface area contributed by atoms with Crippen molar-refractivity contribution in [2.45, 2.75) is 26.7 Å². The van der Waals surface area contributed by atoms with Gasteiger partial charge in [-0.1, -0.05) is 49.2 Å². The molecule has 3 heterocycles. The van der Waals surface area contributed by atoms with Crippen molar-refractivity contribution in [1.82, 2.24) is 20.2 Å². The molecule has 27 heavy (non-hydrogen) atoms. The molecule has 0 amide bonds. The highest BCUT2D eigenvalue weighted by molar-refractivity contribution is 6.43. The van der Waals surface area contributed by atoms with E-state index < -0.39 is 0 Å². The van der Waals surface area contributed by atoms with Crippen molar-refractivity contribution in [2.75, 3.05) is 18.0 Å². The second kappa shape index (κ2) is 6.66. The van der Waals surface area contributed by atoms with Crippen LogP contribution in [-0.2, 0) is 0 Å². The van der Waals surface area contributed by atoms with Crippen LogP contribution in [-0.4, -0.2) is 33.3 Å². The van der Waals surface area contributed by atoms with Gasteiger partial charge in [0.2, 0.25) is 5.65 Å². The van der Waals surface area contributed by atoms with Crippen molar-refractivity contribution in [3.8, 4) is 17.3 Å². The Balaban J connectivity index is 1.80. The number of nitriles is 1. The van der Waals surface area contributed by atoms with Crippen LogP contribution in [0.25, 0.3) is 22.4 Å². The summed E-state index contributed by atoms with van der Waals surface area (Å²) in [6.45, 7) is 6.22. The molecule has 4 rings (SSSR count). The number of nitrogens with zero attached hydrogens (tertiary/aromatic N) is 5. The Bertz CT molecular complexity index is 1060. The highest BCUT2D eigenvalue weighted by atomic mass is 35.5. The minimum Gasteiger partial charge on any atom is -0.354 e. The third-order valence-corrected chi connectivity index (χ3v) is 5.93. The lowest BCUT2D eigenvalue weighted by molar-refractivity contribution is 0.279. The molecular formula is C19H18Cl2N6. The Morgan fingerprint density at radius 1 is 1.19 bits per heavy atom. The van der Waals surface area contributed by atoms with Crippen LogP contribution in [0.2, 0.25) is 10.0 Å². The van der Waals surface area contributed by atoms with E-state index in [1.54, 1.807) is 12.1 Å². The van der Waals surface area contributed by atoms with E-state index in [0.717, 1.165) is 25.9 Å². The molecule has 2 aromatic heterocycles. The molecule has 6 nitrogen and oxygen atoms in total. The molecule has 1 aliphatic heterocycles. The molecule has 0 atom stereocenters. The van der Waals surface area contributed by atoms with Crippen molar-refractivity contribution < 1.29 is 0 Å². The number of rotatable bonds is 2. The average molecular weight is 401 g/mol. The Labute approximate surface area is 167 Å². The fourth-order valence-electron chi connectivity index (χ4n) is 3.33. The average Bonchev–Trinajstić information content (AvgIpc) is 3.05. The van der Waals surface area contributed by atoms with Gasteiger partial charge in [-0.25, -0.2) is 9.97 Å². The molecule has 138 valence electrons. The van der Waals surface area contributed by atoms with Crippen LogP contribution in [0.15, 0.2) is 18.2 Å². The molecule has 0 bridgehead atoms. The number of fused-ring (bicyclic) bond motifs is 1. The van der Waals surface area contributed by atoms with Crippen LogP contribution in [0.4, 0.5) is 5.82 Å². The molecular weight excluding hydrogens is 383 g/mol. The van der Waals surface area contributed by atoms with Gasteiger partial charge in [0.05, 0.1) is 15.7 Å². The maximum Gasteiger partial charge on any atom is 0.202 e. The van der Waals surface area contributed by atoms with E-state index in [0.29, 0.717) is 49.4 Å². The zero-order valence-corrected chi connectivity index (χ0v) is 16.6. The number of hydrogen-bond acceptors (Lipinski definition) is 5. The molecule has 0 aliphatic carbocycles. The van der Waals surface area contributed by atoms with Gasteiger partial charge in [0.25, 0.3) is 0 Å². The summed E-state index contributed by atoms with van der Waals surface area (Å²) in [7, 11) is 0. The van der Waals surface area contributed by atoms with E-state index in [-0.39, 0.29) is 0 Å². The summed E-state index contributed by atoms with van der Waals surface area (Å²) in [6, 6.07) is 7.53. The lowest BCUT2D eigenvalue weighted by atomic mass is 9.83. The van der Waals surface area contributed by atoms with Crippen LogP contribution in [0, 0.1) is 16.7 Å². The molecule has 1 N–H and O–H groups in total. The molecule has 1 aliphatic rings. The van der Waals surface area contributed by atoms with E-state index in [2.05, 4.69) is 45.0 Å². The van der Waals surface area contributed by atoms with Gasteiger partial charge in [-0.2, -0.15) is 10.4 Å². The molecule has 1 aromatic carbocycles. The van der Waals surface area contributed by atoms with Gasteiger partial charge in [-0.05, 0) is 24.3 Å². The molecule has 1 saturated heterocycles. The number of hydrogen-bond donors (Lipinski definition) is 1. The van der Waals surface area contributed by atoms with E-state index in [1.165, 1.54) is 0 Å². The number of nitrogens with one attached hydrogen (secondary N) is 1. The summed E-state index contributed by atoms with van der Waals surface area (Å²) in [6.07, 6.45) is 2.09. The predicted molar refractivity (Wildman–Crippen MR) is 107 cm³/mol. The lowest BCUT2D eigenvalue weighted by Crippen LogP contribution is -2.38. The molecule has 8 heteroatoms. The number of halogens is 2. The molecule has 0 unspecified atom stereocenters. The molecule has 3 aromatic rings. The summed E-state index contributed by atoms with van der Waals surface area (Å²) < 4.78 is 0. The third-order valence-electron chi connectivity index (χ3n) is 5.11. The highest BCUT2D eigenvalue weighted by Gasteiger charge is 2.28. The maximum atomic E-state index is 9.65. The van der Waals surface area contributed by atoms with E-state index in [1.807, 2.05) is 6.07 Å². The molecule has 0 radical (unpaired) electrons. The SMILES string of the molecule is CC1(C)CCN(c2nc3n[nH]c(-c4cccc(Cl)c4Cl)c3nc2C#N)CC1. The van der Waals surface area contributed by atoms with Crippen LogP contribution < -0.4 is 4.90 Å². The Kier molecular flexibility index (Phi) is 4.45. The predicted octanol–water partition coefficient (Wildman–Crippen LogP) is 4.82. The highest BCUT2D eigenvalue weighted by Crippen LogP contribution is 2.36. The zero-order valence-electron chi connectivity index (χ0n) is 15.1. The van der Waals surface area contributed by atoms with Gasteiger partial charge in [0.15, 0.2) is 11.5 Å². The summed E-state index contributed by atoms with van der Waals surface area (Å²) in [4.78, 5) is 11.3. The van der Waals surface area contributed by atoms with E-state index in [4.69, 9.17) is 23.2 Å². The Morgan fingerprint density at radius 2 is 1.93 bits per heavy atom. The van der Waals surface area contributed by atoms with Crippen LogP contribution in [0.3, 0.4) is 0 Å². The smallest absolute Gasteiger partial charge is 0.202 e. The number of H-pyrrole nitrogens is 1. The number of anilines is 1. The number of benzene rings is 1. The van der Waals surface area contributed by atoms with Gasteiger partial charge in [0.1, 0.15) is 11.6 Å². The topological polar surface area (TPSA) is 81.5 Å².